The van der Waals surface area contributed by atoms with Crippen LogP contribution in [0.5, 0.6) is 0 Å². The van der Waals surface area contributed by atoms with Gasteiger partial charge in [0.05, 0.1) is 17.8 Å². The number of rotatable bonds is 3. The van der Waals surface area contributed by atoms with E-state index in [4.69, 9.17) is 5.26 Å². The molecule has 1 saturated heterocycles. The van der Waals surface area contributed by atoms with Crippen LogP contribution in [0.3, 0.4) is 0 Å². The van der Waals surface area contributed by atoms with Crippen LogP contribution in [-0.2, 0) is 0 Å². The molecule has 1 atom stereocenters. The van der Waals surface area contributed by atoms with Crippen molar-refractivity contribution in [2.45, 2.75) is 45.6 Å². The van der Waals surface area contributed by atoms with Crippen LogP contribution in [0.2, 0.25) is 0 Å². The van der Waals surface area contributed by atoms with Gasteiger partial charge in [-0.3, -0.25) is 5.32 Å². The largest absolute Gasteiger partial charge is 0.324 e. The summed E-state index contributed by atoms with van der Waals surface area (Å²) in [6.07, 6.45) is 4.02. The fraction of sp³-hybridized carbons (Fsp3) is 0.688. The first kappa shape index (κ1) is 14.9. The van der Waals surface area contributed by atoms with Crippen molar-refractivity contribution >= 4 is 11.8 Å². The number of nitrogens with one attached hydrogen (secondary N) is 1. The van der Waals surface area contributed by atoms with Gasteiger partial charge in [0.1, 0.15) is 5.82 Å². The Morgan fingerprint density at radius 2 is 2.09 bits per heavy atom. The molecule has 0 aromatic carbocycles. The highest BCUT2D eigenvalue weighted by Crippen LogP contribution is 2.40. The second kappa shape index (κ2) is 5.99. The van der Waals surface area contributed by atoms with Crippen LogP contribution >= 0.6 is 0 Å². The molecule has 0 unspecified atom stereocenters. The molecule has 1 aliphatic heterocycles. The van der Waals surface area contributed by atoms with Crippen molar-refractivity contribution in [2.24, 2.45) is 11.8 Å². The number of nitriles is 1. The number of hydrogen-bond donors (Lipinski definition) is 1. The number of anilines is 1. The monoisotopic (exact) mass is 301 g/mol. The van der Waals surface area contributed by atoms with E-state index in [1.54, 1.807) is 4.90 Å². The molecular formula is C16H23N5O. The van der Waals surface area contributed by atoms with Crippen LogP contribution in [0.25, 0.3) is 0 Å². The molecule has 3 rings (SSSR count). The number of nitrogens with zero attached hydrogens (tertiary/aromatic N) is 4. The SMILES string of the molecule is Cc1cc(NC(=O)N2CCC(C#N)CC2)n([C@H](C)C2CC2)n1. The maximum atomic E-state index is 12.4. The van der Waals surface area contributed by atoms with E-state index in [9.17, 15) is 4.79 Å². The normalized spacial score (nSPS) is 20.5. The van der Waals surface area contributed by atoms with Gasteiger partial charge in [0.2, 0.25) is 0 Å². The van der Waals surface area contributed by atoms with E-state index in [1.807, 2.05) is 17.7 Å². The molecular weight excluding hydrogens is 278 g/mol. The standard InChI is InChI=1S/C16H23N5O/c1-11-9-15(21(19-11)12(2)14-3-4-14)18-16(22)20-7-5-13(10-17)6-8-20/h9,12-14H,3-8H2,1-2H3,(H,18,22)/t12-/m1/s1. The first-order valence-electron chi connectivity index (χ1n) is 8.10. The second-order valence-electron chi connectivity index (χ2n) is 6.51. The van der Waals surface area contributed by atoms with Gasteiger partial charge >= 0.3 is 6.03 Å². The third-order valence-corrected chi connectivity index (χ3v) is 4.75. The molecule has 6 heteroatoms. The zero-order valence-electron chi connectivity index (χ0n) is 13.2. The summed E-state index contributed by atoms with van der Waals surface area (Å²) in [4.78, 5) is 14.2. The molecule has 2 heterocycles. The van der Waals surface area contributed by atoms with Crippen molar-refractivity contribution in [2.75, 3.05) is 18.4 Å². The molecule has 1 aromatic heterocycles. The minimum Gasteiger partial charge on any atom is -0.324 e. The number of carbonyl (C=O) groups is 1. The van der Waals surface area contributed by atoms with Gasteiger partial charge in [-0.05, 0) is 45.4 Å². The number of amides is 2. The number of urea groups is 1. The lowest BCUT2D eigenvalue weighted by Gasteiger charge is -2.29. The second-order valence-corrected chi connectivity index (χ2v) is 6.51. The smallest absolute Gasteiger partial charge is 0.323 e. The predicted octanol–water partition coefficient (Wildman–Crippen LogP) is 2.93. The van der Waals surface area contributed by atoms with Crippen molar-refractivity contribution in [1.29, 1.82) is 5.26 Å². The lowest BCUT2D eigenvalue weighted by Crippen LogP contribution is -2.41. The number of aromatic nitrogens is 2. The summed E-state index contributed by atoms with van der Waals surface area (Å²) in [5.41, 5.74) is 0.922. The van der Waals surface area contributed by atoms with Crippen LogP contribution in [-0.4, -0.2) is 33.8 Å². The van der Waals surface area contributed by atoms with E-state index in [1.165, 1.54) is 12.8 Å². The van der Waals surface area contributed by atoms with E-state index in [-0.39, 0.29) is 11.9 Å². The predicted molar refractivity (Wildman–Crippen MR) is 83.3 cm³/mol. The summed E-state index contributed by atoms with van der Waals surface area (Å²) >= 11 is 0. The molecule has 2 fully saturated rings. The molecule has 1 saturated carbocycles. The number of hydrogen-bond acceptors (Lipinski definition) is 3. The van der Waals surface area contributed by atoms with Crippen LogP contribution in [0.4, 0.5) is 10.6 Å². The van der Waals surface area contributed by atoms with Gasteiger partial charge in [0, 0.05) is 25.1 Å². The summed E-state index contributed by atoms with van der Waals surface area (Å²) in [5, 5.41) is 16.5. The topological polar surface area (TPSA) is 74.0 Å². The van der Waals surface area contributed by atoms with Gasteiger partial charge in [-0.25, -0.2) is 9.48 Å². The van der Waals surface area contributed by atoms with E-state index >= 15 is 0 Å². The zero-order valence-corrected chi connectivity index (χ0v) is 13.2. The molecule has 0 spiro atoms. The van der Waals surface area contributed by atoms with Crippen LogP contribution < -0.4 is 5.32 Å². The van der Waals surface area contributed by atoms with Gasteiger partial charge in [-0.1, -0.05) is 0 Å². The Balaban J connectivity index is 1.65. The molecule has 2 amide bonds. The average Bonchev–Trinajstić information content (AvgIpc) is 3.31. The van der Waals surface area contributed by atoms with E-state index in [0.29, 0.717) is 25.0 Å². The number of aryl methyl sites for hydroxylation is 1. The summed E-state index contributed by atoms with van der Waals surface area (Å²) in [5.74, 6) is 1.55. The summed E-state index contributed by atoms with van der Waals surface area (Å²) < 4.78 is 1.95. The maximum absolute atomic E-state index is 12.4. The van der Waals surface area contributed by atoms with Gasteiger partial charge in [-0.2, -0.15) is 10.4 Å². The average molecular weight is 301 g/mol. The van der Waals surface area contributed by atoms with Crippen molar-refractivity contribution in [3.05, 3.63) is 11.8 Å². The third-order valence-electron chi connectivity index (χ3n) is 4.75. The molecule has 22 heavy (non-hydrogen) atoms. The van der Waals surface area contributed by atoms with E-state index in [2.05, 4.69) is 23.4 Å². The Labute approximate surface area is 131 Å². The third kappa shape index (κ3) is 3.08. The summed E-state index contributed by atoms with van der Waals surface area (Å²) in [6.45, 7) is 5.41. The summed E-state index contributed by atoms with van der Waals surface area (Å²) in [7, 11) is 0. The summed E-state index contributed by atoms with van der Waals surface area (Å²) in [6, 6.07) is 4.46. The fourth-order valence-corrected chi connectivity index (χ4v) is 3.10. The van der Waals surface area contributed by atoms with Gasteiger partial charge in [0.15, 0.2) is 0 Å². The highest BCUT2D eigenvalue weighted by molar-refractivity contribution is 5.88. The lowest BCUT2D eigenvalue weighted by molar-refractivity contribution is 0.191. The Morgan fingerprint density at radius 1 is 1.41 bits per heavy atom. The minimum atomic E-state index is -0.0828. The molecule has 1 N–H and O–H groups in total. The Kier molecular flexibility index (Phi) is 4.06. The Bertz CT molecular complexity index is 590. The quantitative estimate of drug-likeness (QED) is 0.932. The van der Waals surface area contributed by atoms with E-state index < -0.39 is 0 Å². The molecule has 1 aliphatic carbocycles. The zero-order chi connectivity index (χ0) is 15.7. The highest BCUT2D eigenvalue weighted by Gasteiger charge is 2.31. The first-order chi connectivity index (χ1) is 10.6. The molecule has 6 nitrogen and oxygen atoms in total. The number of piperidine rings is 1. The van der Waals surface area contributed by atoms with Crippen molar-refractivity contribution in [1.82, 2.24) is 14.7 Å². The van der Waals surface area contributed by atoms with Crippen LogP contribution in [0, 0.1) is 30.1 Å². The Hall–Kier alpha value is -2.03. The molecule has 1 aromatic rings. The van der Waals surface area contributed by atoms with Crippen molar-refractivity contribution < 1.29 is 4.79 Å². The number of likely N-dealkylation sites (tertiary alicyclic amines) is 1. The highest BCUT2D eigenvalue weighted by atomic mass is 16.2. The van der Waals surface area contributed by atoms with Crippen LogP contribution in [0.1, 0.15) is 44.3 Å². The van der Waals surface area contributed by atoms with Crippen molar-refractivity contribution in [3.63, 3.8) is 0 Å². The molecule has 0 radical (unpaired) electrons. The lowest BCUT2D eigenvalue weighted by atomic mass is 9.99. The van der Waals surface area contributed by atoms with Gasteiger partial charge in [-0.15, -0.1) is 0 Å². The Morgan fingerprint density at radius 3 is 2.68 bits per heavy atom. The first-order valence-corrected chi connectivity index (χ1v) is 8.10. The molecule has 0 bridgehead atoms. The number of carbonyl (C=O) groups excluding carboxylic acids is 1. The maximum Gasteiger partial charge on any atom is 0.323 e. The van der Waals surface area contributed by atoms with Crippen LogP contribution in [0.15, 0.2) is 6.07 Å². The fourth-order valence-electron chi connectivity index (χ4n) is 3.10. The molecule has 2 aliphatic rings. The molecule has 118 valence electrons. The van der Waals surface area contributed by atoms with Crippen molar-refractivity contribution in [3.8, 4) is 6.07 Å². The van der Waals surface area contributed by atoms with Gasteiger partial charge in [0.25, 0.3) is 0 Å². The minimum absolute atomic E-state index is 0.0828. The van der Waals surface area contributed by atoms with Gasteiger partial charge < -0.3 is 4.90 Å². The van der Waals surface area contributed by atoms with E-state index in [0.717, 1.165) is 24.4 Å².